The highest BCUT2D eigenvalue weighted by atomic mass is 19.4. The van der Waals surface area contributed by atoms with Crippen LogP contribution in [0.1, 0.15) is 30.0 Å². The molecule has 11 heteroatoms. The lowest BCUT2D eigenvalue weighted by molar-refractivity contribution is -0.140. The van der Waals surface area contributed by atoms with Crippen LogP contribution in [0, 0.1) is 11.7 Å². The van der Waals surface area contributed by atoms with Crippen molar-refractivity contribution in [3.8, 4) is 0 Å². The van der Waals surface area contributed by atoms with Gasteiger partial charge in [0.05, 0.1) is 23.2 Å². The average Bonchev–Trinajstić information content (AvgIpc) is 3.40. The second-order valence-corrected chi connectivity index (χ2v) is 8.21. The number of nitrogens with zero attached hydrogens (tertiary/aromatic N) is 6. The van der Waals surface area contributed by atoms with Gasteiger partial charge in [-0.2, -0.15) is 18.3 Å². The molecule has 5 rings (SSSR count). The molecule has 0 saturated carbocycles. The summed E-state index contributed by atoms with van der Waals surface area (Å²) in [7, 11) is 1.85. The van der Waals surface area contributed by atoms with Crippen LogP contribution in [0.3, 0.4) is 0 Å². The number of aromatic nitrogens is 4. The zero-order valence-corrected chi connectivity index (χ0v) is 17.2. The molecule has 0 radical (unpaired) electrons. The van der Waals surface area contributed by atoms with Gasteiger partial charge in [-0.25, -0.2) is 14.4 Å². The summed E-state index contributed by atoms with van der Waals surface area (Å²) in [6, 6.07) is 2.74. The SMILES string of the molecule is CN1C(c2ccc(F)c(C(F)(F)F)c2)C=NC1C1CCN(c2ncnc3[nH]ncc23)CC1. The maximum Gasteiger partial charge on any atom is 0.419 e. The van der Waals surface area contributed by atoms with E-state index in [0.29, 0.717) is 11.2 Å². The van der Waals surface area contributed by atoms with Gasteiger partial charge >= 0.3 is 6.18 Å². The molecule has 4 heterocycles. The third kappa shape index (κ3) is 3.60. The summed E-state index contributed by atoms with van der Waals surface area (Å²) in [5, 5.41) is 7.76. The van der Waals surface area contributed by atoms with Crippen molar-refractivity contribution in [1.82, 2.24) is 25.1 Å². The van der Waals surface area contributed by atoms with Gasteiger partial charge in [-0.05, 0) is 43.5 Å². The first kappa shape index (κ1) is 20.8. The molecule has 32 heavy (non-hydrogen) atoms. The molecule has 2 unspecified atom stereocenters. The highest BCUT2D eigenvalue weighted by Gasteiger charge is 2.38. The fourth-order valence-corrected chi connectivity index (χ4v) is 4.68. The van der Waals surface area contributed by atoms with Gasteiger partial charge < -0.3 is 4.90 Å². The molecule has 0 aliphatic carbocycles. The molecule has 3 aromatic rings. The van der Waals surface area contributed by atoms with Crippen molar-refractivity contribution in [3.63, 3.8) is 0 Å². The van der Waals surface area contributed by atoms with Crippen LogP contribution in [0.5, 0.6) is 0 Å². The van der Waals surface area contributed by atoms with Crippen molar-refractivity contribution in [2.45, 2.75) is 31.2 Å². The third-order valence-corrected chi connectivity index (χ3v) is 6.36. The van der Waals surface area contributed by atoms with E-state index in [-0.39, 0.29) is 12.1 Å². The summed E-state index contributed by atoms with van der Waals surface area (Å²) in [5.41, 5.74) is -0.171. The van der Waals surface area contributed by atoms with E-state index < -0.39 is 23.6 Å². The minimum Gasteiger partial charge on any atom is -0.356 e. The summed E-state index contributed by atoms with van der Waals surface area (Å²) in [4.78, 5) is 17.4. The van der Waals surface area contributed by atoms with Crippen molar-refractivity contribution in [1.29, 1.82) is 0 Å². The molecule has 2 aromatic heterocycles. The van der Waals surface area contributed by atoms with Crippen molar-refractivity contribution >= 4 is 23.1 Å². The van der Waals surface area contributed by atoms with E-state index in [1.807, 2.05) is 11.9 Å². The Labute approximate surface area is 181 Å². The van der Waals surface area contributed by atoms with Crippen LogP contribution in [0.15, 0.2) is 35.7 Å². The number of benzene rings is 1. The van der Waals surface area contributed by atoms with Gasteiger partial charge in [-0.1, -0.05) is 6.07 Å². The summed E-state index contributed by atoms with van der Waals surface area (Å²) >= 11 is 0. The summed E-state index contributed by atoms with van der Waals surface area (Å²) in [5.74, 6) is -0.171. The smallest absolute Gasteiger partial charge is 0.356 e. The molecular formula is C21H21F4N7. The van der Waals surface area contributed by atoms with Crippen LogP contribution in [0.25, 0.3) is 11.0 Å². The molecule has 2 atom stereocenters. The number of nitrogens with one attached hydrogen (secondary N) is 1. The summed E-state index contributed by atoms with van der Waals surface area (Å²) in [6.45, 7) is 1.56. The van der Waals surface area contributed by atoms with Crippen molar-refractivity contribution in [2.24, 2.45) is 10.9 Å². The van der Waals surface area contributed by atoms with E-state index in [9.17, 15) is 17.6 Å². The maximum atomic E-state index is 13.7. The number of alkyl halides is 3. The first-order chi connectivity index (χ1) is 15.3. The van der Waals surface area contributed by atoms with Gasteiger partial charge in [-0.15, -0.1) is 0 Å². The van der Waals surface area contributed by atoms with E-state index in [0.717, 1.165) is 49.3 Å². The molecular weight excluding hydrogens is 426 g/mol. The Kier molecular flexibility index (Phi) is 5.07. The highest BCUT2D eigenvalue weighted by molar-refractivity contribution is 5.86. The van der Waals surface area contributed by atoms with Crippen molar-refractivity contribution < 1.29 is 17.6 Å². The normalized spacial score (nSPS) is 22.8. The largest absolute Gasteiger partial charge is 0.419 e. The van der Waals surface area contributed by atoms with Crippen molar-refractivity contribution in [3.05, 3.63) is 47.7 Å². The number of halogens is 4. The number of hydrogen-bond acceptors (Lipinski definition) is 6. The van der Waals surface area contributed by atoms with E-state index in [2.05, 4.69) is 30.1 Å². The van der Waals surface area contributed by atoms with Crippen LogP contribution in [-0.2, 0) is 6.18 Å². The van der Waals surface area contributed by atoms with Gasteiger partial charge in [-0.3, -0.25) is 15.0 Å². The van der Waals surface area contributed by atoms with Gasteiger partial charge in [0.1, 0.15) is 24.1 Å². The van der Waals surface area contributed by atoms with E-state index in [4.69, 9.17) is 0 Å². The Bertz CT molecular complexity index is 1150. The summed E-state index contributed by atoms with van der Waals surface area (Å²) < 4.78 is 53.1. The number of H-pyrrole nitrogens is 1. The van der Waals surface area contributed by atoms with Crippen LogP contribution in [0.4, 0.5) is 23.4 Å². The number of aromatic amines is 1. The minimum absolute atomic E-state index is 0.138. The predicted octanol–water partition coefficient (Wildman–Crippen LogP) is 3.81. The second-order valence-electron chi connectivity index (χ2n) is 8.21. The Morgan fingerprint density at radius 3 is 2.66 bits per heavy atom. The molecule has 1 saturated heterocycles. The number of aliphatic imine (C=N–C) groups is 1. The number of anilines is 1. The molecule has 1 aromatic carbocycles. The summed E-state index contributed by atoms with van der Waals surface area (Å²) in [6.07, 6.45) is 1.75. The van der Waals surface area contributed by atoms with Crippen LogP contribution in [-0.4, -0.2) is 57.6 Å². The molecule has 0 bridgehead atoms. The second kappa shape index (κ2) is 7.80. The molecule has 168 valence electrons. The lowest BCUT2D eigenvalue weighted by Gasteiger charge is -2.37. The fraction of sp³-hybridized carbons (Fsp3) is 0.429. The lowest BCUT2D eigenvalue weighted by Crippen LogP contribution is -2.42. The standard InChI is InChI=1S/C21H21F4N7/c1-31-17(13-2-3-16(22)15(8-13)21(23,24)25)10-26-19(31)12-4-6-32(7-5-12)20-14-9-29-30-18(14)27-11-28-20/h2-3,8-12,17,19H,4-7H2,1H3,(H,27,28,29,30). The van der Waals surface area contributed by atoms with Crippen LogP contribution in [0.2, 0.25) is 0 Å². The van der Waals surface area contributed by atoms with E-state index >= 15 is 0 Å². The van der Waals surface area contributed by atoms with Gasteiger partial charge in [0, 0.05) is 19.3 Å². The van der Waals surface area contributed by atoms with Crippen LogP contribution < -0.4 is 4.90 Å². The van der Waals surface area contributed by atoms with E-state index in [1.165, 1.54) is 12.4 Å². The lowest BCUT2D eigenvalue weighted by atomic mass is 9.92. The number of rotatable bonds is 3. The van der Waals surface area contributed by atoms with Gasteiger partial charge in [0.15, 0.2) is 5.65 Å². The van der Waals surface area contributed by atoms with Crippen LogP contribution >= 0.6 is 0 Å². The number of fused-ring (bicyclic) bond motifs is 1. The third-order valence-electron chi connectivity index (χ3n) is 6.36. The molecule has 0 spiro atoms. The Balaban J connectivity index is 1.28. The predicted molar refractivity (Wildman–Crippen MR) is 111 cm³/mol. The molecule has 0 amide bonds. The van der Waals surface area contributed by atoms with Gasteiger partial charge in [0.25, 0.3) is 0 Å². The molecule has 7 nitrogen and oxygen atoms in total. The van der Waals surface area contributed by atoms with Gasteiger partial charge in [0.2, 0.25) is 0 Å². The zero-order valence-electron chi connectivity index (χ0n) is 17.2. The monoisotopic (exact) mass is 447 g/mol. The maximum absolute atomic E-state index is 13.7. The molecule has 1 N–H and O–H groups in total. The topological polar surface area (TPSA) is 73.3 Å². The van der Waals surface area contributed by atoms with E-state index in [1.54, 1.807) is 12.4 Å². The zero-order chi connectivity index (χ0) is 22.5. The average molecular weight is 447 g/mol. The van der Waals surface area contributed by atoms with Crippen molar-refractivity contribution in [2.75, 3.05) is 25.0 Å². The number of hydrogen-bond donors (Lipinski definition) is 1. The Morgan fingerprint density at radius 2 is 1.91 bits per heavy atom. The molecule has 2 aliphatic rings. The first-order valence-electron chi connectivity index (χ1n) is 10.3. The Hall–Kier alpha value is -3.08. The minimum atomic E-state index is -4.73. The molecule has 2 aliphatic heterocycles. The molecule has 1 fully saturated rings. The Morgan fingerprint density at radius 1 is 1.12 bits per heavy atom. The number of piperidine rings is 1. The first-order valence-corrected chi connectivity index (χ1v) is 10.3. The fourth-order valence-electron chi connectivity index (χ4n) is 4.68. The highest BCUT2D eigenvalue weighted by Crippen LogP contribution is 2.37. The quantitative estimate of drug-likeness (QED) is 0.619.